The second kappa shape index (κ2) is 7.69. The Morgan fingerprint density at radius 2 is 1.72 bits per heavy atom. The number of hydrogen-bond acceptors (Lipinski definition) is 3. The van der Waals surface area contributed by atoms with Gasteiger partial charge in [0, 0.05) is 24.2 Å². The molecule has 1 aliphatic heterocycles. The lowest BCUT2D eigenvalue weighted by atomic mass is 10.1. The molecule has 29 heavy (non-hydrogen) atoms. The number of aromatic nitrogens is 3. The third kappa shape index (κ3) is 4.01. The number of carbonyl (C=O) groups excluding carboxylic acids is 1. The Morgan fingerprint density at radius 3 is 2.48 bits per heavy atom. The van der Waals surface area contributed by atoms with Crippen LogP contribution in [0.1, 0.15) is 41.0 Å². The van der Waals surface area contributed by atoms with Crippen molar-refractivity contribution in [1.82, 2.24) is 14.8 Å². The fraction of sp³-hybridized carbons (Fsp3) is 0.286. The third-order valence-electron chi connectivity index (χ3n) is 4.99. The van der Waals surface area contributed by atoms with E-state index >= 15 is 0 Å². The van der Waals surface area contributed by atoms with Crippen LogP contribution in [0.25, 0.3) is 11.4 Å². The molecule has 2 heterocycles. The Hall–Kier alpha value is -3.16. The van der Waals surface area contributed by atoms with E-state index in [1.807, 2.05) is 0 Å². The van der Waals surface area contributed by atoms with E-state index in [-0.39, 0.29) is 0 Å². The molecule has 0 aliphatic carbocycles. The van der Waals surface area contributed by atoms with E-state index in [9.17, 15) is 18.0 Å². The van der Waals surface area contributed by atoms with Crippen molar-refractivity contribution in [3.8, 4) is 11.4 Å². The van der Waals surface area contributed by atoms with Crippen molar-refractivity contribution < 1.29 is 18.0 Å². The lowest BCUT2D eigenvalue weighted by molar-refractivity contribution is -0.137. The maximum Gasteiger partial charge on any atom is 0.417 e. The average molecular weight is 400 g/mol. The number of nitrogens with zero attached hydrogens (tertiary/aromatic N) is 3. The van der Waals surface area contributed by atoms with Gasteiger partial charge in [-0.1, -0.05) is 18.6 Å². The zero-order valence-corrected chi connectivity index (χ0v) is 15.5. The number of halogens is 3. The molecule has 0 atom stereocenters. The van der Waals surface area contributed by atoms with E-state index < -0.39 is 23.2 Å². The number of aryl methyl sites for hydroxylation is 1. The Bertz CT molecular complexity index is 1030. The first-order valence-electron chi connectivity index (χ1n) is 9.43. The van der Waals surface area contributed by atoms with Crippen LogP contribution in [0.15, 0.2) is 48.5 Å². The summed E-state index contributed by atoms with van der Waals surface area (Å²) >= 11 is 0. The van der Waals surface area contributed by atoms with Gasteiger partial charge in [-0.05, 0) is 49.2 Å². The molecule has 1 N–H and O–H groups in total. The van der Waals surface area contributed by atoms with Crippen LogP contribution in [0.2, 0.25) is 0 Å². The molecule has 8 heteroatoms. The van der Waals surface area contributed by atoms with Gasteiger partial charge in [-0.25, -0.2) is 0 Å². The van der Waals surface area contributed by atoms with Crippen LogP contribution in [0.5, 0.6) is 0 Å². The highest BCUT2D eigenvalue weighted by Gasteiger charge is 2.34. The minimum atomic E-state index is -4.59. The molecule has 0 unspecified atom stereocenters. The smallest absolute Gasteiger partial charge is 0.322 e. The summed E-state index contributed by atoms with van der Waals surface area (Å²) in [4.78, 5) is 12.4. The molecule has 5 nitrogen and oxygen atoms in total. The van der Waals surface area contributed by atoms with Gasteiger partial charge in [-0.2, -0.15) is 13.2 Å². The molecule has 4 rings (SSSR count). The molecule has 1 aromatic heterocycles. The minimum absolute atomic E-state index is 0.409. The van der Waals surface area contributed by atoms with Crippen molar-refractivity contribution in [1.29, 1.82) is 0 Å². The van der Waals surface area contributed by atoms with Gasteiger partial charge < -0.3 is 9.88 Å². The quantitative estimate of drug-likeness (QED) is 0.677. The SMILES string of the molecule is O=C(Nc1ccc(-c2nnc3n2CCCCC3)cc1)c1ccccc1C(F)(F)F. The minimum Gasteiger partial charge on any atom is -0.322 e. The summed E-state index contributed by atoms with van der Waals surface area (Å²) in [5, 5.41) is 11.1. The highest BCUT2D eigenvalue weighted by Crippen LogP contribution is 2.32. The standard InChI is InChI=1S/C21H19F3N4O/c22-21(23,24)17-7-4-3-6-16(17)20(29)25-15-11-9-14(10-12-15)19-27-26-18-8-2-1-5-13-28(18)19/h3-4,6-7,9-12H,1-2,5,8,13H2,(H,25,29). The van der Waals surface area contributed by atoms with E-state index in [0.717, 1.165) is 61.6 Å². The fourth-order valence-electron chi connectivity index (χ4n) is 3.53. The first-order chi connectivity index (χ1) is 13.9. The predicted molar refractivity (Wildman–Crippen MR) is 102 cm³/mol. The first-order valence-corrected chi connectivity index (χ1v) is 9.43. The topological polar surface area (TPSA) is 59.8 Å². The fourth-order valence-corrected chi connectivity index (χ4v) is 3.53. The van der Waals surface area contributed by atoms with Crippen LogP contribution in [-0.4, -0.2) is 20.7 Å². The zero-order valence-electron chi connectivity index (χ0n) is 15.5. The monoisotopic (exact) mass is 400 g/mol. The molecule has 150 valence electrons. The second-order valence-corrected chi connectivity index (χ2v) is 6.98. The van der Waals surface area contributed by atoms with Gasteiger partial charge in [-0.3, -0.25) is 4.79 Å². The predicted octanol–water partition coefficient (Wildman–Crippen LogP) is 4.94. The maximum absolute atomic E-state index is 13.1. The number of benzene rings is 2. The summed E-state index contributed by atoms with van der Waals surface area (Å²) in [6, 6.07) is 11.6. The molecule has 3 aromatic rings. The van der Waals surface area contributed by atoms with E-state index in [1.165, 1.54) is 12.1 Å². The summed E-state index contributed by atoms with van der Waals surface area (Å²) in [5.41, 5.74) is -0.113. The van der Waals surface area contributed by atoms with Crippen LogP contribution in [0.4, 0.5) is 18.9 Å². The van der Waals surface area contributed by atoms with Crippen LogP contribution in [0.3, 0.4) is 0 Å². The van der Waals surface area contributed by atoms with Gasteiger partial charge in [0.25, 0.3) is 5.91 Å². The largest absolute Gasteiger partial charge is 0.417 e. The van der Waals surface area contributed by atoms with Crippen molar-refractivity contribution in [3.63, 3.8) is 0 Å². The molecular formula is C21H19F3N4O. The first kappa shape index (κ1) is 19.2. The molecule has 0 saturated heterocycles. The van der Waals surface area contributed by atoms with E-state index in [1.54, 1.807) is 24.3 Å². The summed E-state index contributed by atoms with van der Waals surface area (Å²) < 4.78 is 41.5. The normalized spacial score (nSPS) is 14.2. The summed E-state index contributed by atoms with van der Waals surface area (Å²) in [6.07, 6.45) is -0.358. The van der Waals surface area contributed by atoms with E-state index in [2.05, 4.69) is 20.1 Å². The highest BCUT2D eigenvalue weighted by atomic mass is 19.4. The molecule has 0 radical (unpaired) electrons. The van der Waals surface area contributed by atoms with Gasteiger partial charge in [-0.15, -0.1) is 10.2 Å². The van der Waals surface area contributed by atoms with Crippen LogP contribution >= 0.6 is 0 Å². The molecule has 0 saturated carbocycles. The van der Waals surface area contributed by atoms with Crippen molar-refractivity contribution in [2.24, 2.45) is 0 Å². The number of amides is 1. The molecule has 2 aromatic carbocycles. The van der Waals surface area contributed by atoms with Crippen molar-refractivity contribution in [2.75, 3.05) is 5.32 Å². The van der Waals surface area contributed by atoms with Crippen LogP contribution in [-0.2, 0) is 19.1 Å². The maximum atomic E-state index is 13.1. The highest BCUT2D eigenvalue weighted by molar-refractivity contribution is 6.05. The van der Waals surface area contributed by atoms with Gasteiger partial charge >= 0.3 is 6.18 Å². The molecule has 1 amide bonds. The Labute approximate surface area is 165 Å². The Morgan fingerprint density at radius 1 is 0.966 bits per heavy atom. The number of hydrogen-bond donors (Lipinski definition) is 1. The zero-order chi connectivity index (χ0) is 20.4. The number of anilines is 1. The van der Waals surface area contributed by atoms with Crippen molar-refractivity contribution in [2.45, 2.75) is 38.4 Å². The number of nitrogens with one attached hydrogen (secondary N) is 1. The summed E-state index contributed by atoms with van der Waals surface area (Å²) in [6.45, 7) is 0.865. The van der Waals surface area contributed by atoms with Crippen molar-refractivity contribution in [3.05, 3.63) is 65.5 Å². The van der Waals surface area contributed by atoms with E-state index in [4.69, 9.17) is 0 Å². The third-order valence-corrected chi connectivity index (χ3v) is 4.99. The van der Waals surface area contributed by atoms with Gasteiger partial charge in [0.2, 0.25) is 0 Å². The number of carbonyl (C=O) groups is 1. The average Bonchev–Trinajstić information content (AvgIpc) is 2.96. The van der Waals surface area contributed by atoms with Crippen LogP contribution < -0.4 is 5.32 Å². The van der Waals surface area contributed by atoms with E-state index in [0.29, 0.717) is 5.69 Å². The van der Waals surface area contributed by atoms with Crippen LogP contribution in [0, 0.1) is 0 Å². The molecule has 1 aliphatic rings. The molecule has 0 bridgehead atoms. The van der Waals surface area contributed by atoms with Crippen molar-refractivity contribution >= 4 is 11.6 Å². The van der Waals surface area contributed by atoms with Gasteiger partial charge in [0.15, 0.2) is 5.82 Å². The Balaban J connectivity index is 1.54. The van der Waals surface area contributed by atoms with Gasteiger partial charge in [0.1, 0.15) is 5.82 Å². The summed E-state index contributed by atoms with van der Waals surface area (Å²) in [5.74, 6) is 0.933. The second-order valence-electron chi connectivity index (χ2n) is 6.98. The number of alkyl halides is 3. The molecule has 0 fully saturated rings. The Kier molecular flexibility index (Phi) is 5.08. The lowest BCUT2D eigenvalue weighted by Crippen LogP contribution is -2.18. The molecule has 0 spiro atoms. The molecular weight excluding hydrogens is 381 g/mol. The summed E-state index contributed by atoms with van der Waals surface area (Å²) in [7, 11) is 0. The number of fused-ring (bicyclic) bond motifs is 1. The lowest BCUT2D eigenvalue weighted by Gasteiger charge is -2.13. The number of rotatable bonds is 3. The van der Waals surface area contributed by atoms with Gasteiger partial charge in [0.05, 0.1) is 11.1 Å².